The lowest BCUT2D eigenvalue weighted by Crippen LogP contribution is -2.40. The molecule has 0 N–H and O–H groups in total. The van der Waals surface area contributed by atoms with Gasteiger partial charge in [-0.2, -0.15) is 0 Å². The number of aryl methyl sites for hydroxylation is 3. The van der Waals surface area contributed by atoms with Crippen LogP contribution in [-0.4, -0.2) is 36.9 Å². The molecule has 3 aromatic rings. The Labute approximate surface area is 173 Å². The van der Waals surface area contributed by atoms with E-state index in [0.717, 1.165) is 20.4 Å². The molecule has 3 aromatic heterocycles. The molecule has 0 bridgehead atoms. The van der Waals surface area contributed by atoms with Crippen LogP contribution >= 0.6 is 0 Å². The van der Waals surface area contributed by atoms with Crippen molar-refractivity contribution in [1.29, 1.82) is 0 Å². The standard InChI is InChI=1S/C11H15N3O2.C9H15N3O2/c1-6-7(2)12(3)9-8(6)10(15)14(5)11(16)13(9)4;1-6-7(10(2)3)11(4)9(14)12(5)8(6)13/h1-5H3;1-5H3. The zero-order valence-corrected chi connectivity index (χ0v) is 19.3. The number of hydrogen-bond acceptors (Lipinski definition) is 5. The number of fused-ring (bicyclic) bond motifs is 1. The van der Waals surface area contributed by atoms with Crippen molar-refractivity contribution in [3.05, 3.63) is 58.5 Å². The number of nitrogens with zero attached hydrogens (tertiary/aromatic N) is 6. The molecule has 0 aliphatic rings. The van der Waals surface area contributed by atoms with E-state index in [1.54, 1.807) is 40.0 Å². The lowest BCUT2D eigenvalue weighted by molar-refractivity contribution is 0.672. The summed E-state index contributed by atoms with van der Waals surface area (Å²) in [5, 5.41) is 0.629. The van der Waals surface area contributed by atoms with E-state index in [1.807, 2.05) is 25.5 Å². The van der Waals surface area contributed by atoms with E-state index in [9.17, 15) is 19.2 Å². The third-order valence-corrected chi connectivity index (χ3v) is 5.65. The van der Waals surface area contributed by atoms with Crippen molar-refractivity contribution in [1.82, 2.24) is 22.8 Å². The third-order valence-electron chi connectivity index (χ3n) is 5.65. The van der Waals surface area contributed by atoms with Gasteiger partial charge in [-0.1, -0.05) is 0 Å². The van der Waals surface area contributed by atoms with Crippen LogP contribution in [0.5, 0.6) is 0 Å². The molecule has 0 radical (unpaired) electrons. The molecule has 0 aromatic carbocycles. The lowest BCUT2D eigenvalue weighted by Gasteiger charge is -2.19. The molecule has 164 valence electrons. The summed E-state index contributed by atoms with van der Waals surface area (Å²) in [7, 11) is 11.8. The minimum Gasteiger partial charge on any atom is -0.364 e. The van der Waals surface area contributed by atoms with E-state index in [-0.39, 0.29) is 22.5 Å². The Morgan fingerprint density at radius 1 is 0.600 bits per heavy atom. The van der Waals surface area contributed by atoms with Crippen LogP contribution in [0.3, 0.4) is 0 Å². The first kappa shape index (κ1) is 23.0. The average molecular weight is 418 g/mol. The van der Waals surface area contributed by atoms with Crippen molar-refractivity contribution in [3.63, 3.8) is 0 Å². The van der Waals surface area contributed by atoms with E-state index < -0.39 is 0 Å². The lowest BCUT2D eigenvalue weighted by atomic mass is 10.2. The van der Waals surface area contributed by atoms with E-state index in [2.05, 4.69) is 0 Å². The number of aromatic nitrogens is 5. The fourth-order valence-corrected chi connectivity index (χ4v) is 3.78. The summed E-state index contributed by atoms with van der Waals surface area (Å²) >= 11 is 0. The van der Waals surface area contributed by atoms with E-state index in [1.165, 1.54) is 23.2 Å². The molecule has 0 aliphatic heterocycles. The monoisotopic (exact) mass is 418 g/mol. The molecule has 0 aliphatic carbocycles. The quantitative estimate of drug-likeness (QED) is 0.538. The minimum absolute atomic E-state index is 0.223. The summed E-state index contributed by atoms with van der Waals surface area (Å²) < 4.78 is 7.12. The summed E-state index contributed by atoms with van der Waals surface area (Å²) in [5.74, 6) is 0.651. The maximum absolute atomic E-state index is 12.0. The van der Waals surface area contributed by atoms with Crippen molar-refractivity contribution < 1.29 is 0 Å². The summed E-state index contributed by atoms with van der Waals surface area (Å²) in [4.78, 5) is 48.7. The van der Waals surface area contributed by atoms with E-state index in [0.29, 0.717) is 22.4 Å². The second-order valence-corrected chi connectivity index (χ2v) is 7.72. The predicted molar refractivity (Wildman–Crippen MR) is 119 cm³/mol. The largest absolute Gasteiger partial charge is 0.364 e. The van der Waals surface area contributed by atoms with Gasteiger partial charge in [0.1, 0.15) is 11.5 Å². The summed E-state index contributed by atoms with van der Waals surface area (Å²) in [6.07, 6.45) is 0. The van der Waals surface area contributed by atoms with Gasteiger partial charge in [-0.3, -0.25) is 27.9 Å². The summed E-state index contributed by atoms with van der Waals surface area (Å²) in [6, 6.07) is 0. The molecule has 0 saturated carbocycles. The highest BCUT2D eigenvalue weighted by molar-refractivity contribution is 5.81. The van der Waals surface area contributed by atoms with Gasteiger partial charge < -0.3 is 9.47 Å². The van der Waals surface area contributed by atoms with Gasteiger partial charge >= 0.3 is 11.4 Å². The van der Waals surface area contributed by atoms with Crippen LogP contribution in [0.25, 0.3) is 11.0 Å². The molecule has 0 amide bonds. The first-order chi connectivity index (χ1) is 13.7. The van der Waals surface area contributed by atoms with Crippen LogP contribution in [0.15, 0.2) is 19.2 Å². The molecule has 10 heteroatoms. The maximum atomic E-state index is 12.0. The van der Waals surface area contributed by atoms with Gasteiger partial charge in [-0.25, -0.2) is 9.59 Å². The van der Waals surface area contributed by atoms with E-state index >= 15 is 0 Å². The van der Waals surface area contributed by atoms with Crippen LogP contribution in [0.4, 0.5) is 5.82 Å². The highest BCUT2D eigenvalue weighted by atomic mass is 16.2. The van der Waals surface area contributed by atoms with Crippen molar-refractivity contribution in [3.8, 4) is 0 Å². The van der Waals surface area contributed by atoms with E-state index in [4.69, 9.17) is 0 Å². The highest BCUT2D eigenvalue weighted by Gasteiger charge is 2.17. The van der Waals surface area contributed by atoms with Crippen LogP contribution in [0, 0.1) is 20.8 Å². The Bertz CT molecular complexity index is 1340. The maximum Gasteiger partial charge on any atom is 0.332 e. The highest BCUT2D eigenvalue weighted by Crippen LogP contribution is 2.18. The molecule has 30 heavy (non-hydrogen) atoms. The Morgan fingerprint density at radius 2 is 1.07 bits per heavy atom. The zero-order chi connectivity index (χ0) is 23.2. The summed E-state index contributed by atoms with van der Waals surface area (Å²) in [6.45, 7) is 5.57. The minimum atomic E-state index is -0.302. The topological polar surface area (TPSA) is 96.2 Å². The van der Waals surface area contributed by atoms with Gasteiger partial charge in [0.2, 0.25) is 0 Å². The smallest absolute Gasteiger partial charge is 0.332 e. The molecule has 0 fully saturated rings. The fourth-order valence-electron chi connectivity index (χ4n) is 3.78. The van der Waals surface area contributed by atoms with Crippen molar-refractivity contribution in [2.75, 3.05) is 19.0 Å². The van der Waals surface area contributed by atoms with Gasteiger partial charge in [-0.05, 0) is 26.3 Å². The summed E-state index contributed by atoms with van der Waals surface area (Å²) in [5.41, 5.74) is 2.16. The van der Waals surface area contributed by atoms with Crippen LogP contribution in [0.2, 0.25) is 0 Å². The van der Waals surface area contributed by atoms with Gasteiger partial charge in [0.25, 0.3) is 11.1 Å². The van der Waals surface area contributed by atoms with Gasteiger partial charge in [0, 0.05) is 55.0 Å². The second kappa shape index (κ2) is 7.85. The van der Waals surface area contributed by atoms with Gasteiger partial charge in [-0.15, -0.1) is 0 Å². The normalized spacial score (nSPS) is 10.9. The molecule has 3 rings (SSSR count). The first-order valence-electron chi connectivity index (χ1n) is 9.41. The third kappa shape index (κ3) is 3.31. The molecule has 0 saturated heterocycles. The van der Waals surface area contributed by atoms with Crippen molar-refractivity contribution in [2.24, 2.45) is 35.2 Å². The number of anilines is 1. The number of rotatable bonds is 1. The Hall–Kier alpha value is -3.30. The predicted octanol–water partition coefficient (Wildman–Crippen LogP) is -0.349. The van der Waals surface area contributed by atoms with Gasteiger partial charge in [0.05, 0.1) is 10.9 Å². The van der Waals surface area contributed by atoms with Crippen LogP contribution < -0.4 is 27.4 Å². The molecular weight excluding hydrogens is 388 g/mol. The van der Waals surface area contributed by atoms with Crippen molar-refractivity contribution >= 4 is 16.9 Å². The second-order valence-electron chi connectivity index (χ2n) is 7.72. The zero-order valence-electron chi connectivity index (χ0n) is 19.3. The van der Waals surface area contributed by atoms with Crippen molar-refractivity contribution in [2.45, 2.75) is 20.8 Å². The molecule has 3 heterocycles. The van der Waals surface area contributed by atoms with Crippen LogP contribution in [-0.2, 0) is 35.2 Å². The Kier molecular flexibility index (Phi) is 6.01. The Balaban J connectivity index is 0.000000216. The SMILES string of the molecule is Cc1c(C)n(C)c2c1c(=O)n(C)c(=O)n2C.Cc1c(N(C)C)n(C)c(=O)n(C)c1=O. The molecule has 0 atom stereocenters. The Morgan fingerprint density at radius 3 is 1.57 bits per heavy atom. The molecule has 0 unspecified atom stereocenters. The molecular formula is C20H30N6O4. The van der Waals surface area contributed by atoms with Crippen LogP contribution in [0.1, 0.15) is 16.8 Å². The van der Waals surface area contributed by atoms with Gasteiger partial charge in [0.15, 0.2) is 0 Å². The fraction of sp³-hybridized carbons (Fsp3) is 0.500. The number of hydrogen-bond donors (Lipinski definition) is 0. The first-order valence-corrected chi connectivity index (χ1v) is 9.41. The molecule has 10 nitrogen and oxygen atoms in total. The molecule has 0 spiro atoms. The average Bonchev–Trinajstić information content (AvgIpc) is 2.92.